The van der Waals surface area contributed by atoms with E-state index in [2.05, 4.69) is 0 Å². The second-order valence-corrected chi connectivity index (χ2v) is 3.11. The molecule has 0 N–H and O–H groups in total. The molecule has 0 saturated heterocycles. The lowest BCUT2D eigenvalue weighted by Crippen LogP contribution is -2.25. The molecule has 0 aromatic carbocycles. The summed E-state index contributed by atoms with van der Waals surface area (Å²) in [5.74, 6) is -2.20. The minimum atomic E-state index is -4.77. The van der Waals surface area contributed by atoms with Crippen molar-refractivity contribution in [3.05, 3.63) is 29.0 Å². The third kappa shape index (κ3) is 2.65. The van der Waals surface area contributed by atoms with Crippen molar-refractivity contribution in [2.45, 2.75) is 19.3 Å². The first-order valence-electron chi connectivity index (χ1n) is 3.91. The maximum Gasteiger partial charge on any atom is 0.416 e. The number of allylic oxidation sites excluding steroid dienone is 3. The molecule has 0 aliphatic heterocycles. The molecular weight excluding hydrogens is 222 g/mol. The maximum atomic E-state index is 12.3. The minimum absolute atomic E-state index is 0.172. The van der Waals surface area contributed by atoms with E-state index in [0.717, 1.165) is 6.92 Å². The molecule has 1 atom stereocenters. The van der Waals surface area contributed by atoms with Crippen molar-refractivity contribution in [1.29, 1.82) is 0 Å². The third-order valence-electron chi connectivity index (χ3n) is 1.95. The van der Waals surface area contributed by atoms with Gasteiger partial charge in [-0.1, -0.05) is 6.08 Å². The maximum absolute atomic E-state index is 12.3. The second-order valence-electron chi connectivity index (χ2n) is 3.11. The minimum Gasteiger partial charge on any atom is -0.170 e. The molecule has 1 aliphatic carbocycles. The summed E-state index contributed by atoms with van der Waals surface area (Å²) in [5, 5.41) is 0. The van der Waals surface area contributed by atoms with Crippen molar-refractivity contribution >= 4 is 0 Å². The summed E-state index contributed by atoms with van der Waals surface area (Å²) >= 11 is 0. The van der Waals surface area contributed by atoms with Crippen LogP contribution in [0.3, 0.4) is 0 Å². The van der Waals surface area contributed by atoms with Crippen molar-refractivity contribution < 1.29 is 26.3 Å². The van der Waals surface area contributed by atoms with E-state index in [4.69, 9.17) is 0 Å². The molecule has 84 valence electrons. The molecule has 0 fully saturated rings. The van der Waals surface area contributed by atoms with E-state index in [-0.39, 0.29) is 11.6 Å². The van der Waals surface area contributed by atoms with Gasteiger partial charge in [-0.25, -0.2) is 0 Å². The van der Waals surface area contributed by atoms with Gasteiger partial charge in [0.2, 0.25) is 0 Å². The molecule has 0 radical (unpaired) electrons. The molecule has 15 heavy (non-hydrogen) atoms. The van der Waals surface area contributed by atoms with Gasteiger partial charge in [0, 0.05) is 0 Å². The van der Waals surface area contributed by atoms with Gasteiger partial charge in [0.15, 0.2) is 0 Å². The van der Waals surface area contributed by atoms with Crippen LogP contribution >= 0.6 is 0 Å². The Morgan fingerprint density at radius 3 is 2.07 bits per heavy atom. The van der Waals surface area contributed by atoms with Crippen LogP contribution in [0.2, 0.25) is 0 Å². The van der Waals surface area contributed by atoms with Gasteiger partial charge in [-0.15, -0.1) is 5.73 Å². The Labute approximate surface area is 81.6 Å². The number of alkyl halides is 6. The summed E-state index contributed by atoms with van der Waals surface area (Å²) < 4.78 is 73.1. The fourth-order valence-corrected chi connectivity index (χ4v) is 1.15. The average molecular weight is 228 g/mol. The number of hydrogen-bond acceptors (Lipinski definition) is 0. The number of hydrogen-bond donors (Lipinski definition) is 0. The molecule has 0 aromatic rings. The summed E-state index contributed by atoms with van der Waals surface area (Å²) in [6.07, 6.45) is -8.78. The highest BCUT2D eigenvalue weighted by Crippen LogP contribution is 2.38. The SMILES string of the molecule is CC1=C=CC(C(F)(F)F)=CC1C(F)(F)F. The molecule has 1 unspecified atom stereocenters. The molecule has 1 aliphatic rings. The lowest BCUT2D eigenvalue weighted by Gasteiger charge is -2.20. The first kappa shape index (κ1) is 11.9. The van der Waals surface area contributed by atoms with Gasteiger partial charge < -0.3 is 0 Å². The van der Waals surface area contributed by atoms with Crippen LogP contribution in [0.15, 0.2) is 29.0 Å². The molecule has 0 amide bonds. The highest BCUT2D eigenvalue weighted by Gasteiger charge is 2.43. The third-order valence-corrected chi connectivity index (χ3v) is 1.95. The van der Waals surface area contributed by atoms with Crippen LogP contribution in [0.1, 0.15) is 6.92 Å². The Bertz CT molecular complexity index is 348. The fraction of sp³-hybridized carbons (Fsp3) is 0.444. The monoisotopic (exact) mass is 228 g/mol. The van der Waals surface area contributed by atoms with Crippen molar-refractivity contribution in [2.75, 3.05) is 0 Å². The number of halogens is 6. The standard InChI is InChI=1S/C9H6F6/c1-5-2-3-6(8(10,11)12)4-7(5)9(13,14)15/h3-4,7H,1H3. The smallest absolute Gasteiger partial charge is 0.170 e. The van der Waals surface area contributed by atoms with E-state index in [9.17, 15) is 26.3 Å². The van der Waals surface area contributed by atoms with Gasteiger partial charge in [-0.2, -0.15) is 26.3 Å². The van der Waals surface area contributed by atoms with Crippen LogP contribution in [0.5, 0.6) is 0 Å². The Kier molecular flexibility index (Phi) is 2.74. The second kappa shape index (κ2) is 3.45. The van der Waals surface area contributed by atoms with E-state index >= 15 is 0 Å². The zero-order chi connectivity index (χ0) is 11.9. The summed E-state index contributed by atoms with van der Waals surface area (Å²) in [6, 6.07) is 0. The molecule has 0 spiro atoms. The summed E-state index contributed by atoms with van der Waals surface area (Å²) in [4.78, 5) is 0. The molecule has 0 saturated carbocycles. The van der Waals surface area contributed by atoms with Crippen molar-refractivity contribution in [3.8, 4) is 0 Å². The molecule has 0 heterocycles. The molecule has 1 rings (SSSR count). The summed E-state index contributed by atoms with van der Waals surface area (Å²) in [6.45, 7) is 1.10. The van der Waals surface area contributed by atoms with Gasteiger partial charge in [-0.3, -0.25) is 0 Å². The molecule has 0 nitrogen and oxygen atoms in total. The zero-order valence-corrected chi connectivity index (χ0v) is 7.50. The zero-order valence-electron chi connectivity index (χ0n) is 7.50. The van der Waals surface area contributed by atoms with Crippen molar-refractivity contribution in [3.63, 3.8) is 0 Å². The van der Waals surface area contributed by atoms with E-state index in [1.165, 1.54) is 0 Å². The lowest BCUT2D eigenvalue weighted by atomic mass is 9.93. The van der Waals surface area contributed by atoms with Crippen LogP contribution in [0, 0.1) is 5.92 Å². The van der Waals surface area contributed by atoms with Crippen molar-refractivity contribution in [1.82, 2.24) is 0 Å². The van der Waals surface area contributed by atoms with Crippen LogP contribution in [0.25, 0.3) is 0 Å². The Morgan fingerprint density at radius 2 is 1.67 bits per heavy atom. The molecular formula is C9H6F6. The first-order chi connectivity index (χ1) is 6.62. The van der Waals surface area contributed by atoms with Crippen LogP contribution < -0.4 is 0 Å². The van der Waals surface area contributed by atoms with E-state index in [1.807, 2.05) is 5.73 Å². The van der Waals surface area contributed by atoms with Gasteiger partial charge in [-0.05, 0) is 18.6 Å². The predicted octanol–water partition coefficient (Wildman–Crippen LogP) is 3.77. The lowest BCUT2D eigenvalue weighted by molar-refractivity contribution is -0.152. The highest BCUT2D eigenvalue weighted by molar-refractivity contribution is 5.33. The van der Waals surface area contributed by atoms with Gasteiger partial charge in [0.05, 0.1) is 5.57 Å². The first-order valence-corrected chi connectivity index (χ1v) is 3.91. The van der Waals surface area contributed by atoms with Crippen LogP contribution in [-0.4, -0.2) is 12.4 Å². The average Bonchev–Trinajstić information content (AvgIpc) is 2.00. The number of rotatable bonds is 0. The summed E-state index contributed by atoms with van der Waals surface area (Å²) in [7, 11) is 0. The highest BCUT2D eigenvalue weighted by atomic mass is 19.4. The van der Waals surface area contributed by atoms with Crippen LogP contribution in [0.4, 0.5) is 26.3 Å². The Morgan fingerprint density at radius 1 is 1.13 bits per heavy atom. The van der Waals surface area contributed by atoms with Crippen molar-refractivity contribution in [2.24, 2.45) is 5.92 Å². The largest absolute Gasteiger partial charge is 0.416 e. The Hall–Kier alpha value is -1.16. The normalized spacial score (nSPS) is 22.5. The Balaban J connectivity index is 3.15. The van der Waals surface area contributed by atoms with Crippen LogP contribution in [-0.2, 0) is 0 Å². The topological polar surface area (TPSA) is 0 Å². The van der Waals surface area contributed by atoms with Gasteiger partial charge in [0.1, 0.15) is 5.92 Å². The molecule has 6 heteroatoms. The quantitative estimate of drug-likeness (QED) is 0.437. The molecule has 0 aromatic heterocycles. The fourth-order valence-electron chi connectivity index (χ4n) is 1.15. The van der Waals surface area contributed by atoms with E-state index in [1.54, 1.807) is 0 Å². The van der Waals surface area contributed by atoms with E-state index in [0.29, 0.717) is 6.08 Å². The predicted molar refractivity (Wildman–Crippen MR) is 41.0 cm³/mol. The summed E-state index contributed by atoms with van der Waals surface area (Å²) in [5.41, 5.74) is 0.401. The molecule has 0 bridgehead atoms. The van der Waals surface area contributed by atoms with Gasteiger partial charge in [0.25, 0.3) is 0 Å². The van der Waals surface area contributed by atoms with E-state index < -0.39 is 23.8 Å². The van der Waals surface area contributed by atoms with Gasteiger partial charge >= 0.3 is 12.4 Å².